The van der Waals surface area contributed by atoms with E-state index in [1.54, 1.807) is 19.1 Å². The number of benzene rings is 3. The second-order valence-corrected chi connectivity index (χ2v) is 9.32. The number of carbonyl (C=O) groups is 1. The van der Waals surface area contributed by atoms with Crippen LogP contribution in [0.15, 0.2) is 77.7 Å². The van der Waals surface area contributed by atoms with Gasteiger partial charge in [-0.15, -0.1) is 0 Å². The predicted octanol–water partition coefficient (Wildman–Crippen LogP) is 4.31. The molecule has 0 spiro atoms. The van der Waals surface area contributed by atoms with Crippen LogP contribution in [-0.2, 0) is 14.8 Å². The van der Waals surface area contributed by atoms with E-state index in [-0.39, 0.29) is 16.6 Å². The van der Waals surface area contributed by atoms with Crippen LogP contribution in [0.1, 0.15) is 25.5 Å². The lowest BCUT2D eigenvalue weighted by Gasteiger charge is -2.25. The molecule has 34 heavy (non-hydrogen) atoms. The Kier molecular flexibility index (Phi) is 8.12. The summed E-state index contributed by atoms with van der Waals surface area (Å²) in [6.07, 6.45) is 0. The first-order valence-electron chi connectivity index (χ1n) is 10.7. The molecule has 0 fully saturated rings. The van der Waals surface area contributed by atoms with Crippen LogP contribution in [0.4, 0.5) is 10.1 Å². The smallest absolute Gasteiger partial charge is 0.264 e. The van der Waals surface area contributed by atoms with Crippen molar-refractivity contribution in [3.63, 3.8) is 0 Å². The summed E-state index contributed by atoms with van der Waals surface area (Å²) in [6.45, 7) is 3.76. The zero-order valence-electron chi connectivity index (χ0n) is 19.2. The van der Waals surface area contributed by atoms with Crippen LogP contribution in [0.25, 0.3) is 0 Å². The summed E-state index contributed by atoms with van der Waals surface area (Å²) in [6, 6.07) is 17.7. The highest BCUT2D eigenvalue weighted by Gasteiger charge is 2.28. The van der Waals surface area contributed by atoms with Crippen molar-refractivity contribution in [2.45, 2.75) is 24.8 Å². The Morgan fingerprint density at radius 2 is 1.56 bits per heavy atom. The zero-order chi connectivity index (χ0) is 24.7. The number of hydrogen-bond acceptors (Lipinski definition) is 5. The summed E-state index contributed by atoms with van der Waals surface area (Å²) in [5.41, 5.74) is 1.00. The number of rotatable bonds is 10. The van der Waals surface area contributed by atoms with Crippen LogP contribution in [0.5, 0.6) is 11.5 Å². The normalized spacial score (nSPS) is 12.0. The van der Waals surface area contributed by atoms with Crippen molar-refractivity contribution in [3.05, 3.63) is 84.2 Å². The van der Waals surface area contributed by atoms with Gasteiger partial charge in [0, 0.05) is 0 Å². The molecular weight excluding hydrogens is 459 g/mol. The Hall–Kier alpha value is -3.59. The van der Waals surface area contributed by atoms with Gasteiger partial charge in [0.05, 0.1) is 30.3 Å². The molecule has 1 atom stereocenters. The Bertz CT molecular complexity index is 1200. The van der Waals surface area contributed by atoms with Crippen molar-refractivity contribution < 1.29 is 27.1 Å². The molecular formula is C25H27FN2O5S. The number of sulfonamides is 1. The quantitative estimate of drug-likeness (QED) is 0.462. The molecule has 3 aromatic rings. The van der Waals surface area contributed by atoms with Crippen LogP contribution in [0.3, 0.4) is 0 Å². The fourth-order valence-electron chi connectivity index (χ4n) is 3.32. The van der Waals surface area contributed by atoms with E-state index in [0.29, 0.717) is 12.4 Å². The van der Waals surface area contributed by atoms with E-state index < -0.39 is 28.3 Å². The molecule has 0 aliphatic rings. The van der Waals surface area contributed by atoms with Crippen molar-refractivity contribution in [2.75, 3.05) is 24.6 Å². The lowest BCUT2D eigenvalue weighted by molar-refractivity contribution is -0.120. The topological polar surface area (TPSA) is 84.9 Å². The Morgan fingerprint density at radius 1 is 0.971 bits per heavy atom. The first-order valence-corrected chi connectivity index (χ1v) is 12.1. The maximum Gasteiger partial charge on any atom is 0.264 e. The maximum absolute atomic E-state index is 13.5. The lowest BCUT2D eigenvalue weighted by Crippen LogP contribution is -2.41. The number of hydrogen-bond donors (Lipinski definition) is 1. The third-order valence-corrected chi connectivity index (χ3v) is 6.91. The van der Waals surface area contributed by atoms with E-state index in [0.717, 1.165) is 27.8 Å². The fraction of sp³-hybridized carbons (Fsp3) is 0.240. The lowest BCUT2D eigenvalue weighted by atomic mass is 10.1. The molecule has 0 heterocycles. The van der Waals surface area contributed by atoms with Gasteiger partial charge in [0.1, 0.15) is 23.9 Å². The largest absolute Gasteiger partial charge is 0.497 e. The number of ether oxygens (including phenoxy) is 2. The van der Waals surface area contributed by atoms with Gasteiger partial charge >= 0.3 is 0 Å². The van der Waals surface area contributed by atoms with Gasteiger partial charge < -0.3 is 14.8 Å². The number of amides is 1. The van der Waals surface area contributed by atoms with Crippen molar-refractivity contribution in [2.24, 2.45) is 0 Å². The Labute approximate surface area is 199 Å². The summed E-state index contributed by atoms with van der Waals surface area (Å²) in [5, 5.41) is 2.82. The van der Waals surface area contributed by atoms with Crippen molar-refractivity contribution in [1.29, 1.82) is 0 Å². The number of methoxy groups -OCH3 is 1. The minimum atomic E-state index is -4.12. The number of carbonyl (C=O) groups excluding carboxylic acids is 1. The van der Waals surface area contributed by atoms with Gasteiger partial charge in [-0.25, -0.2) is 12.8 Å². The average molecular weight is 487 g/mol. The molecule has 0 aliphatic heterocycles. The Morgan fingerprint density at radius 3 is 2.12 bits per heavy atom. The van der Waals surface area contributed by atoms with E-state index in [1.165, 1.54) is 43.5 Å². The summed E-state index contributed by atoms with van der Waals surface area (Å²) in [4.78, 5) is 12.9. The summed E-state index contributed by atoms with van der Waals surface area (Å²) >= 11 is 0. The molecule has 0 unspecified atom stereocenters. The SMILES string of the molecule is CCOc1ccc([C@H](C)NC(=O)CN(c2ccc(F)cc2)S(=O)(=O)c2ccc(OC)cc2)cc1. The van der Waals surface area contributed by atoms with Crippen LogP contribution in [-0.4, -0.2) is 34.6 Å². The van der Waals surface area contributed by atoms with Gasteiger partial charge in [-0.3, -0.25) is 9.10 Å². The number of halogens is 1. The standard InChI is InChI=1S/C25H27FN2O5S/c1-4-33-23-11-5-19(6-12-23)18(2)27-25(29)17-28(21-9-7-20(26)8-10-21)34(30,31)24-15-13-22(32-3)14-16-24/h5-16,18H,4,17H2,1-3H3,(H,27,29)/t18-/m0/s1. The third-order valence-electron chi connectivity index (χ3n) is 5.12. The highest BCUT2D eigenvalue weighted by atomic mass is 32.2. The molecule has 9 heteroatoms. The van der Waals surface area contributed by atoms with Crippen molar-refractivity contribution in [3.8, 4) is 11.5 Å². The third kappa shape index (κ3) is 6.05. The summed E-state index contributed by atoms with van der Waals surface area (Å²) < 4.78 is 51.8. The minimum absolute atomic E-state index is 0.0232. The van der Waals surface area contributed by atoms with Crippen LogP contribution in [0.2, 0.25) is 0 Å². The minimum Gasteiger partial charge on any atom is -0.497 e. The van der Waals surface area contributed by atoms with Gasteiger partial charge in [0.15, 0.2) is 0 Å². The Balaban J connectivity index is 1.83. The van der Waals surface area contributed by atoms with Crippen molar-refractivity contribution in [1.82, 2.24) is 5.32 Å². The first-order chi connectivity index (χ1) is 16.2. The second-order valence-electron chi connectivity index (χ2n) is 7.45. The van der Waals surface area contributed by atoms with E-state index >= 15 is 0 Å². The van der Waals surface area contributed by atoms with Gasteiger partial charge in [-0.05, 0) is 80.1 Å². The molecule has 3 rings (SSSR count). The van der Waals surface area contributed by atoms with Crippen molar-refractivity contribution >= 4 is 21.6 Å². The second kappa shape index (κ2) is 11.0. The predicted molar refractivity (Wildman–Crippen MR) is 128 cm³/mol. The van der Waals surface area contributed by atoms with Gasteiger partial charge in [0.25, 0.3) is 10.0 Å². The number of anilines is 1. The number of nitrogens with one attached hydrogen (secondary N) is 1. The highest BCUT2D eigenvalue weighted by molar-refractivity contribution is 7.92. The van der Waals surface area contributed by atoms with Gasteiger partial charge in [-0.2, -0.15) is 0 Å². The molecule has 0 aromatic heterocycles. The molecule has 0 radical (unpaired) electrons. The monoisotopic (exact) mass is 486 g/mol. The highest BCUT2D eigenvalue weighted by Crippen LogP contribution is 2.26. The summed E-state index contributed by atoms with van der Waals surface area (Å²) in [7, 11) is -2.65. The molecule has 0 saturated carbocycles. The average Bonchev–Trinajstić information content (AvgIpc) is 2.84. The maximum atomic E-state index is 13.5. The number of nitrogens with zero attached hydrogens (tertiary/aromatic N) is 1. The fourth-order valence-corrected chi connectivity index (χ4v) is 4.74. The van der Waals surface area contributed by atoms with Crippen LogP contribution < -0.4 is 19.1 Å². The molecule has 0 saturated heterocycles. The van der Waals surface area contributed by atoms with E-state index in [1.807, 2.05) is 19.1 Å². The molecule has 3 aromatic carbocycles. The van der Waals surface area contributed by atoms with Gasteiger partial charge in [-0.1, -0.05) is 12.1 Å². The van der Waals surface area contributed by atoms with E-state index in [2.05, 4.69) is 5.32 Å². The molecule has 7 nitrogen and oxygen atoms in total. The van der Waals surface area contributed by atoms with E-state index in [4.69, 9.17) is 9.47 Å². The van der Waals surface area contributed by atoms with Gasteiger partial charge in [0.2, 0.25) is 5.91 Å². The van der Waals surface area contributed by atoms with E-state index in [9.17, 15) is 17.6 Å². The molecule has 1 amide bonds. The summed E-state index contributed by atoms with van der Waals surface area (Å²) in [5.74, 6) is 0.189. The molecule has 1 N–H and O–H groups in total. The zero-order valence-corrected chi connectivity index (χ0v) is 20.0. The first kappa shape index (κ1) is 25.0. The van der Waals surface area contributed by atoms with Crippen LogP contribution in [0, 0.1) is 5.82 Å². The molecule has 180 valence electrons. The molecule has 0 aliphatic carbocycles. The molecule has 0 bridgehead atoms. The van der Waals surface area contributed by atoms with Crippen LogP contribution >= 0.6 is 0 Å².